The Morgan fingerprint density at radius 2 is 2.00 bits per heavy atom. The fraction of sp³-hybridized carbons (Fsp3) is 0.800. The van der Waals surface area contributed by atoms with Gasteiger partial charge in [-0.2, -0.15) is 0 Å². The molecule has 0 heterocycles. The molecule has 0 aromatic carbocycles. The maximum atomic E-state index is 10.1. The van der Waals surface area contributed by atoms with E-state index < -0.39 is 5.97 Å². The Morgan fingerprint density at radius 1 is 1.62 bits per heavy atom. The predicted molar refractivity (Wildman–Crippen MR) is 40.3 cm³/mol. The van der Waals surface area contributed by atoms with Crippen LogP contribution >= 0.6 is 22.6 Å². The smallest absolute Gasteiger partial charge is 0.316 e. The van der Waals surface area contributed by atoms with Gasteiger partial charge in [0.25, 0.3) is 0 Å². The molecule has 0 aromatic rings. The molecule has 0 spiro atoms. The lowest BCUT2D eigenvalue weighted by Crippen LogP contribution is -2.18. The number of hydrogen-bond donors (Lipinski definition) is 1. The molecule has 2 nitrogen and oxygen atoms in total. The van der Waals surface area contributed by atoms with E-state index in [-0.39, 0.29) is 9.84 Å². The molecule has 48 valence electrons. The summed E-state index contributed by atoms with van der Waals surface area (Å²) in [5.41, 5.74) is 0. The molecule has 0 rings (SSSR count). The minimum atomic E-state index is -0.722. The van der Waals surface area contributed by atoms with Crippen molar-refractivity contribution < 1.29 is 9.90 Å². The average molecular weight is 228 g/mol. The largest absolute Gasteiger partial charge is 0.480 e. The van der Waals surface area contributed by atoms with Crippen molar-refractivity contribution in [2.24, 2.45) is 5.92 Å². The standard InChI is InChI=1S/C5H9IO2/c1-3(2)4(6)5(7)8/h3-4H,1-2H3,(H,7,8). The SMILES string of the molecule is CC(C)C(I)C(=O)O. The van der Waals surface area contributed by atoms with E-state index in [1.807, 2.05) is 36.4 Å². The summed E-state index contributed by atoms with van der Waals surface area (Å²) in [5, 5.41) is 8.34. The summed E-state index contributed by atoms with van der Waals surface area (Å²) in [6.07, 6.45) is 0. The first kappa shape index (κ1) is 8.20. The van der Waals surface area contributed by atoms with Gasteiger partial charge in [0.1, 0.15) is 3.92 Å². The van der Waals surface area contributed by atoms with Crippen LogP contribution in [0, 0.1) is 5.92 Å². The number of carbonyl (C=O) groups is 1. The molecule has 0 amide bonds. The Balaban J connectivity index is 3.64. The lowest BCUT2D eigenvalue weighted by Gasteiger charge is -2.05. The molecule has 0 radical (unpaired) electrons. The molecule has 0 aliphatic heterocycles. The van der Waals surface area contributed by atoms with Crippen molar-refractivity contribution in [3.05, 3.63) is 0 Å². The number of halogens is 1. The average Bonchev–Trinajstić information content (AvgIpc) is 1.64. The van der Waals surface area contributed by atoms with Crippen molar-refractivity contribution in [1.82, 2.24) is 0 Å². The zero-order valence-electron chi connectivity index (χ0n) is 4.89. The van der Waals surface area contributed by atoms with Crippen molar-refractivity contribution in [1.29, 1.82) is 0 Å². The van der Waals surface area contributed by atoms with Gasteiger partial charge in [-0.05, 0) is 5.92 Å². The fourth-order valence-corrected chi connectivity index (χ4v) is 0.285. The van der Waals surface area contributed by atoms with Crippen LogP contribution < -0.4 is 0 Å². The van der Waals surface area contributed by atoms with E-state index in [2.05, 4.69) is 0 Å². The van der Waals surface area contributed by atoms with Gasteiger partial charge in [-0.25, -0.2) is 0 Å². The van der Waals surface area contributed by atoms with Crippen molar-refractivity contribution in [2.45, 2.75) is 17.8 Å². The topological polar surface area (TPSA) is 37.3 Å². The van der Waals surface area contributed by atoms with Crippen molar-refractivity contribution in [3.63, 3.8) is 0 Å². The van der Waals surface area contributed by atoms with E-state index in [4.69, 9.17) is 5.11 Å². The highest BCUT2D eigenvalue weighted by molar-refractivity contribution is 14.1. The molecule has 3 heteroatoms. The third-order valence-corrected chi connectivity index (χ3v) is 2.79. The van der Waals surface area contributed by atoms with Crippen LogP contribution in [0.4, 0.5) is 0 Å². The Hall–Kier alpha value is 0.200. The molecule has 0 saturated heterocycles. The Bertz CT molecular complexity index is 90.4. The number of hydrogen-bond acceptors (Lipinski definition) is 1. The molecule has 8 heavy (non-hydrogen) atoms. The van der Waals surface area contributed by atoms with Gasteiger partial charge in [-0.1, -0.05) is 36.4 Å². The summed E-state index contributed by atoms with van der Waals surface area (Å²) in [7, 11) is 0. The van der Waals surface area contributed by atoms with E-state index in [0.29, 0.717) is 0 Å². The second kappa shape index (κ2) is 3.27. The van der Waals surface area contributed by atoms with E-state index in [0.717, 1.165) is 0 Å². The summed E-state index contributed by atoms with van der Waals surface area (Å²) < 4.78 is -0.243. The minimum Gasteiger partial charge on any atom is -0.480 e. The minimum absolute atomic E-state index is 0.230. The number of alkyl halides is 1. The predicted octanol–water partition coefficient (Wildman–Crippen LogP) is 1.53. The second-order valence-electron chi connectivity index (χ2n) is 1.98. The summed E-state index contributed by atoms with van der Waals surface area (Å²) >= 11 is 1.92. The molecule has 0 saturated carbocycles. The summed E-state index contributed by atoms with van der Waals surface area (Å²) in [6, 6.07) is 0. The summed E-state index contributed by atoms with van der Waals surface area (Å²) in [6.45, 7) is 3.79. The first-order chi connectivity index (χ1) is 3.55. The van der Waals surface area contributed by atoms with E-state index in [9.17, 15) is 4.79 Å². The monoisotopic (exact) mass is 228 g/mol. The fourth-order valence-electron chi connectivity index (χ4n) is 0.285. The normalized spacial score (nSPS) is 14.0. The number of aliphatic carboxylic acids is 1. The summed E-state index contributed by atoms with van der Waals surface area (Å²) in [4.78, 5) is 10.1. The highest BCUT2D eigenvalue weighted by Crippen LogP contribution is 2.11. The zero-order chi connectivity index (χ0) is 6.73. The van der Waals surface area contributed by atoms with Crippen LogP contribution in [0.15, 0.2) is 0 Å². The van der Waals surface area contributed by atoms with E-state index >= 15 is 0 Å². The maximum absolute atomic E-state index is 10.1. The molecule has 0 fully saturated rings. The van der Waals surface area contributed by atoms with Crippen molar-refractivity contribution in [2.75, 3.05) is 0 Å². The molecule has 0 aromatic heterocycles. The molecule has 1 N–H and O–H groups in total. The third kappa shape index (κ3) is 2.49. The van der Waals surface area contributed by atoms with Crippen LogP contribution in [0.5, 0.6) is 0 Å². The molecule has 0 aliphatic carbocycles. The van der Waals surface area contributed by atoms with Crippen molar-refractivity contribution in [3.8, 4) is 0 Å². The lowest BCUT2D eigenvalue weighted by molar-refractivity contribution is -0.136. The summed E-state index contributed by atoms with van der Waals surface area (Å²) in [5.74, 6) is -0.492. The van der Waals surface area contributed by atoms with Crippen molar-refractivity contribution >= 4 is 28.6 Å². The van der Waals surface area contributed by atoms with Gasteiger partial charge >= 0.3 is 5.97 Å². The van der Waals surface area contributed by atoms with Crippen LogP contribution in [-0.2, 0) is 4.79 Å². The molecule has 0 aliphatic rings. The number of carboxylic acid groups (broad SMARTS) is 1. The molecule has 1 atom stereocenters. The highest BCUT2D eigenvalue weighted by Gasteiger charge is 2.15. The van der Waals surface area contributed by atoms with E-state index in [1.165, 1.54) is 0 Å². The first-order valence-corrected chi connectivity index (χ1v) is 3.67. The molecular weight excluding hydrogens is 219 g/mol. The highest BCUT2D eigenvalue weighted by atomic mass is 127. The zero-order valence-corrected chi connectivity index (χ0v) is 7.05. The Morgan fingerprint density at radius 3 is 2.00 bits per heavy atom. The first-order valence-electron chi connectivity index (χ1n) is 2.42. The van der Waals surface area contributed by atoms with Gasteiger partial charge in [-0.3, -0.25) is 4.79 Å². The Kier molecular flexibility index (Phi) is 3.35. The molecule has 1 unspecified atom stereocenters. The van der Waals surface area contributed by atoms with Crippen LogP contribution in [0.3, 0.4) is 0 Å². The second-order valence-corrected chi connectivity index (χ2v) is 3.33. The molecular formula is C5H9IO2. The van der Waals surface area contributed by atoms with E-state index in [1.54, 1.807) is 0 Å². The molecule has 0 bridgehead atoms. The third-order valence-electron chi connectivity index (χ3n) is 0.821. The maximum Gasteiger partial charge on any atom is 0.316 e. The van der Waals surface area contributed by atoms with Crippen LogP contribution in [-0.4, -0.2) is 15.0 Å². The van der Waals surface area contributed by atoms with Crippen LogP contribution in [0.2, 0.25) is 0 Å². The number of carboxylic acids is 1. The van der Waals surface area contributed by atoms with Gasteiger partial charge < -0.3 is 5.11 Å². The van der Waals surface area contributed by atoms with Gasteiger partial charge in [0.15, 0.2) is 0 Å². The van der Waals surface area contributed by atoms with Gasteiger partial charge in [-0.15, -0.1) is 0 Å². The van der Waals surface area contributed by atoms with Gasteiger partial charge in [0, 0.05) is 0 Å². The lowest BCUT2D eigenvalue weighted by atomic mass is 10.1. The Labute approximate surface area is 62.4 Å². The van der Waals surface area contributed by atoms with Crippen LogP contribution in [0.1, 0.15) is 13.8 Å². The van der Waals surface area contributed by atoms with Crippen LogP contribution in [0.25, 0.3) is 0 Å². The quantitative estimate of drug-likeness (QED) is 0.574. The number of rotatable bonds is 2. The van der Waals surface area contributed by atoms with Gasteiger partial charge in [0.2, 0.25) is 0 Å². The van der Waals surface area contributed by atoms with Gasteiger partial charge in [0.05, 0.1) is 0 Å².